The van der Waals surface area contributed by atoms with E-state index >= 15 is 0 Å². The van der Waals surface area contributed by atoms with Crippen LogP contribution in [0.4, 0.5) is 4.39 Å². The number of ether oxygens (including phenoxy) is 1. The number of aliphatic hydroxyl groups excluding tert-OH is 1. The molecule has 0 aromatic heterocycles. The molecule has 3 heteroatoms. The molecule has 0 fully saturated rings. The number of benzene rings is 1. The Kier molecular flexibility index (Phi) is 4.74. The van der Waals surface area contributed by atoms with E-state index in [4.69, 9.17) is 4.74 Å². The monoisotopic (exact) mass is 262 g/mol. The first-order chi connectivity index (χ1) is 9.20. The molecule has 0 heterocycles. The fraction of sp³-hybridized carbons (Fsp3) is 0.375. The lowest BCUT2D eigenvalue weighted by atomic mass is 10.1. The summed E-state index contributed by atoms with van der Waals surface area (Å²) < 4.78 is 19.1. The number of rotatable bonds is 3. The average Bonchev–Trinajstić information content (AvgIpc) is 2.58. The molecule has 2 nitrogen and oxygen atoms in total. The first-order valence-electron chi connectivity index (χ1n) is 6.64. The van der Waals surface area contributed by atoms with Crippen molar-refractivity contribution in [1.29, 1.82) is 0 Å². The first-order valence-corrected chi connectivity index (χ1v) is 6.64. The van der Waals surface area contributed by atoms with Crippen LogP contribution >= 0.6 is 0 Å². The van der Waals surface area contributed by atoms with E-state index in [0.29, 0.717) is 11.3 Å². The lowest BCUT2D eigenvalue weighted by Crippen LogP contribution is -2.29. The molecule has 2 atom stereocenters. The fourth-order valence-electron chi connectivity index (χ4n) is 2.17. The zero-order valence-corrected chi connectivity index (χ0v) is 11.1. The Hall–Kier alpha value is -1.61. The van der Waals surface area contributed by atoms with Crippen molar-refractivity contribution in [3.8, 4) is 5.75 Å². The quantitative estimate of drug-likeness (QED) is 0.841. The highest BCUT2D eigenvalue weighted by atomic mass is 19.1. The largest absolute Gasteiger partial charge is 0.483 e. The first kappa shape index (κ1) is 13.8. The topological polar surface area (TPSA) is 29.5 Å². The molecule has 2 rings (SSSR count). The highest BCUT2D eigenvalue weighted by molar-refractivity contribution is 5.57. The van der Waals surface area contributed by atoms with Crippen LogP contribution < -0.4 is 4.74 Å². The average molecular weight is 262 g/mol. The van der Waals surface area contributed by atoms with Gasteiger partial charge in [-0.05, 0) is 50.5 Å². The fourth-order valence-corrected chi connectivity index (χ4v) is 2.17. The predicted octanol–water partition coefficient (Wildman–Crippen LogP) is 3.71. The Labute approximate surface area is 113 Å². The third kappa shape index (κ3) is 3.67. The molecule has 1 N–H and O–H groups in total. The van der Waals surface area contributed by atoms with Gasteiger partial charge in [0.2, 0.25) is 0 Å². The molecule has 102 valence electrons. The highest BCUT2D eigenvalue weighted by Gasteiger charge is 2.20. The SMILES string of the molecule is C/C=C\c1cc(F)ccc1O[C@H]1C=CCCC[C@H]1O. The van der Waals surface area contributed by atoms with Gasteiger partial charge in [-0.3, -0.25) is 0 Å². The summed E-state index contributed by atoms with van der Waals surface area (Å²) in [5.74, 6) is 0.299. The van der Waals surface area contributed by atoms with Gasteiger partial charge in [-0.2, -0.15) is 0 Å². The van der Waals surface area contributed by atoms with Gasteiger partial charge >= 0.3 is 0 Å². The summed E-state index contributed by atoms with van der Waals surface area (Å²) in [7, 11) is 0. The normalized spacial score (nSPS) is 23.5. The molecule has 1 aliphatic rings. The van der Waals surface area contributed by atoms with Gasteiger partial charge in [0.1, 0.15) is 17.7 Å². The predicted molar refractivity (Wildman–Crippen MR) is 74.5 cm³/mol. The molecule has 0 bridgehead atoms. The van der Waals surface area contributed by atoms with Crippen molar-refractivity contribution in [3.05, 3.63) is 47.8 Å². The third-order valence-corrected chi connectivity index (χ3v) is 3.16. The van der Waals surface area contributed by atoms with Crippen molar-refractivity contribution in [2.24, 2.45) is 0 Å². The standard InChI is InChI=1S/C16H19FO2/c1-2-6-12-11-13(17)9-10-15(12)19-16-8-5-3-4-7-14(16)18/h2,5-6,8-11,14,16,18H,3-4,7H2,1H3/b6-2-/t14-,16+/m1/s1. The van der Waals surface area contributed by atoms with Crippen LogP contribution in [0.5, 0.6) is 5.75 Å². The lowest BCUT2D eigenvalue weighted by molar-refractivity contribution is 0.0588. The molecule has 1 aromatic carbocycles. The maximum atomic E-state index is 13.2. The zero-order valence-electron chi connectivity index (χ0n) is 11.1. The van der Waals surface area contributed by atoms with Crippen LogP contribution in [0.1, 0.15) is 31.7 Å². The molecule has 0 amide bonds. The smallest absolute Gasteiger partial charge is 0.143 e. The van der Waals surface area contributed by atoms with Crippen LogP contribution in [-0.2, 0) is 0 Å². The highest BCUT2D eigenvalue weighted by Crippen LogP contribution is 2.25. The van der Waals surface area contributed by atoms with E-state index < -0.39 is 6.10 Å². The minimum absolute atomic E-state index is 0.294. The van der Waals surface area contributed by atoms with E-state index in [1.54, 1.807) is 12.1 Å². The molecule has 0 aliphatic heterocycles. The van der Waals surface area contributed by atoms with Crippen LogP contribution in [0.15, 0.2) is 36.4 Å². The van der Waals surface area contributed by atoms with Crippen LogP contribution in [0.3, 0.4) is 0 Å². The number of hydrogen-bond acceptors (Lipinski definition) is 2. The minimum Gasteiger partial charge on any atom is -0.483 e. The third-order valence-electron chi connectivity index (χ3n) is 3.16. The zero-order chi connectivity index (χ0) is 13.7. The number of allylic oxidation sites excluding steroid dienone is 2. The van der Waals surface area contributed by atoms with Crippen LogP contribution in [0, 0.1) is 5.82 Å². The van der Waals surface area contributed by atoms with Crippen molar-refractivity contribution in [2.45, 2.75) is 38.4 Å². The Morgan fingerprint density at radius 2 is 2.26 bits per heavy atom. The van der Waals surface area contributed by atoms with Crippen molar-refractivity contribution < 1.29 is 14.2 Å². The molecule has 1 aromatic rings. The molecule has 0 radical (unpaired) electrons. The number of aliphatic hydroxyl groups is 1. The van der Waals surface area contributed by atoms with E-state index in [1.165, 1.54) is 12.1 Å². The lowest BCUT2D eigenvalue weighted by Gasteiger charge is -2.21. The minimum atomic E-state index is -0.512. The summed E-state index contributed by atoms with van der Waals surface area (Å²) in [5, 5.41) is 10.0. The van der Waals surface area contributed by atoms with Crippen LogP contribution in [0.2, 0.25) is 0 Å². The van der Waals surface area contributed by atoms with Crippen molar-refractivity contribution >= 4 is 6.08 Å². The number of hydrogen-bond donors (Lipinski definition) is 1. The van der Waals surface area contributed by atoms with E-state index in [-0.39, 0.29) is 11.9 Å². The Morgan fingerprint density at radius 1 is 1.42 bits per heavy atom. The van der Waals surface area contributed by atoms with Crippen LogP contribution in [0.25, 0.3) is 6.08 Å². The van der Waals surface area contributed by atoms with Gasteiger partial charge in [0.25, 0.3) is 0 Å². The van der Waals surface area contributed by atoms with Gasteiger partial charge in [-0.15, -0.1) is 0 Å². The van der Waals surface area contributed by atoms with Crippen molar-refractivity contribution in [2.75, 3.05) is 0 Å². The summed E-state index contributed by atoms with van der Waals surface area (Å²) in [6.45, 7) is 1.87. The van der Waals surface area contributed by atoms with E-state index in [9.17, 15) is 9.50 Å². The summed E-state index contributed by atoms with van der Waals surface area (Å²) in [6, 6.07) is 4.41. The van der Waals surface area contributed by atoms with Crippen molar-refractivity contribution in [1.82, 2.24) is 0 Å². The Bertz CT molecular complexity index is 480. The maximum Gasteiger partial charge on any atom is 0.143 e. The van der Waals surface area contributed by atoms with Crippen LogP contribution in [-0.4, -0.2) is 17.3 Å². The van der Waals surface area contributed by atoms with Gasteiger partial charge in [0.15, 0.2) is 0 Å². The van der Waals surface area contributed by atoms with Gasteiger partial charge in [-0.1, -0.05) is 18.2 Å². The molecule has 1 aliphatic carbocycles. The van der Waals surface area contributed by atoms with E-state index in [0.717, 1.165) is 19.3 Å². The summed E-state index contributed by atoms with van der Waals surface area (Å²) >= 11 is 0. The Balaban J connectivity index is 2.22. The Morgan fingerprint density at radius 3 is 3.05 bits per heavy atom. The second-order valence-corrected chi connectivity index (χ2v) is 4.69. The molecular weight excluding hydrogens is 243 g/mol. The summed E-state index contributed by atoms with van der Waals surface area (Å²) in [4.78, 5) is 0. The molecule has 0 spiro atoms. The molecule has 0 saturated carbocycles. The molecule has 0 unspecified atom stereocenters. The molecule has 19 heavy (non-hydrogen) atoms. The van der Waals surface area contributed by atoms with Gasteiger partial charge in [-0.25, -0.2) is 4.39 Å². The van der Waals surface area contributed by atoms with Gasteiger partial charge < -0.3 is 9.84 Å². The maximum absolute atomic E-state index is 13.2. The summed E-state index contributed by atoms with van der Waals surface area (Å²) in [6.07, 6.45) is 9.31. The van der Waals surface area contributed by atoms with Gasteiger partial charge in [0, 0.05) is 5.56 Å². The second-order valence-electron chi connectivity index (χ2n) is 4.69. The van der Waals surface area contributed by atoms with Crippen molar-refractivity contribution in [3.63, 3.8) is 0 Å². The number of halogens is 1. The van der Waals surface area contributed by atoms with E-state index in [1.807, 2.05) is 25.2 Å². The molecular formula is C16H19FO2. The van der Waals surface area contributed by atoms with Gasteiger partial charge in [0.05, 0.1) is 6.10 Å². The molecule has 0 saturated heterocycles. The van der Waals surface area contributed by atoms with E-state index in [2.05, 4.69) is 0 Å². The second kappa shape index (κ2) is 6.53. The summed E-state index contributed by atoms with van der Waals surface area (Å²) in [5.41, 5.74) is 0.687.